The van der Waals surface area contributed by atoms with E-state index in [1.54, 1.807) is 0 Å². The number of thiophene rings is 1. The largest absolute Gasteiger partial charge is 0.440 e. The molecule has 2 heterocycles. The summed E-state index contributed by atoms with van der Waals surface area (Å²) in [5.74, 6) is -0.300. The van der Waals surface area contributed by atoms with Gasteiger partial charge in [0.05, 0.1) is 0 Å². The molecule has 0 saturated heterocycles. The second-order valence-corrected chi connectivity index (χ2v) is 9.89. The summed E-state index contributed by atoms with van der Waals surface area (Å²) in [5.41, 5.74) is 3.81. The number of hydrogen-bond donors (Lipinski definition) is 0. The molecule has 4 nitrogen and oxygen atoms in total. The third kappa shape index (κ3) is 3.07. The zero-order valence-electron chi connectivity index (χ0n) is 18.3. The molecule has 3 aromatic carbocycles. The number of anilines is 2. The van der Waals surface area contributed by atoms with Gasteiger partial charge in [-0.2, -0.15) is 0 Å². The average molecular weight is 463 g/mol. The smallest absolute Gasteiger partial charge is 0.350 e. The molecule has 6 heteroatoms. The van der Waals surface area contributed by atoms with E-state index in [1.807, 2.05) is 80.5 Å². The Morgan fingerprint density at radius 2 is 1.34 bits per heavy atom. The summed E-state index contributed by atoms with van der Waals surface area (Å²) in [6.07, 6.45) is 0. The van der Waals surface area contributed by atoms with Crippen molar-refractivity contribution in [3.8, 4) is 0 Å². The Morgan fingerprint density at radius 1 is 0.812 bits per heavy atom. The lowest BCUT2D eigenvalue weighted by Gasteiger charge is -2.31. The number of carbonyl (C=O) groups excluding carboxylic acids is 1. The third-order valence-electron chi connectivity index (χ3n) is 6.01. The molecule has 0 fully saturated rings. The predicted octanol–water partition coefficient (Wildman–Crippen LogP) is 6.15. The number of hydrogen-bond acceptors (Lipinski definition) is 5. The van der Waals surface area contributed by atoms with Gasteiger partial charge >= 0.3 is 5.97 Å². The van der Waals surface area contributed by atoms with Crippen LogP contribution in [0, 0.1) is 0 Å². The van der Waals surface area contributed by atoms with Crippen LogP contribution in [-0.2, 0) is 10.3 Å². The summed E-state index contributed by atoms with van der Waals surface area (Å²) in [6, 6.07) is 22.2. The summed E-state index contributed by atoms with van der Waals surface area (Å²) in [7, 11) is 8.03. The van der Waals surface area contributed by atoms with Crippen molar-refractivity contribution < 1.29 is 9.53 Å². The minimum absolute atomic E-state index is 0.300. The van der Waals surface area contributed by atoms with E-state index < -0.39 is 5.60 Å². The molecule has 32 heavy (non-hydrogen) atoms. The Morgan fingerprint density at radius 3 is 1.84 bits per heavy atom. The molecule has 0 unspecified atom stereocenters. The highest BCUT2D eigenvalue weighted by molar-refractivity contribution is 7.21. The van der Waals surface area contributed by atoms with E-state index in [4.69, 9.17) is 16.3 Å². The van der Waals surface area contributed by atoms with Crippen molar-refractivity contribution in [2.75, 3.05) is 38.0 Å². The van der Waals surface area contributed by atoms with Crippen LogP contribution in [-0.4, -0.2) is 34.2 Å². The summed E-state index contributed by atoms with van der Waals surface area (Å²) in [4.78, 5) is 17.9. The van der Waals surface area contributed by atoms with Crippen LogP contribution < -0.4 is 9.80 Å². The second kappa shape index (κ2) is 7.54. The van der Waals surface area contributed by atoms with Gasteiger partial charge in [0.25, 0.3) is 0 Å². The number of rotatable bonds is 4. The molecule has 0 amide bonds. The minimum Gasteiger partial charge on any atom is -0.440 e. The van der Waals surface area contributed by atoms with E-state index in [0.29, 0.717) is 9.90 Å². The number of esters is 1. The van der Waals surface area contributed by atoms with Gasteiger partial charge in [-0.15, -0.1) is 11.3 Å². The summed E-state index contributed by atoms with van der Waals surface area (Å²) in [6.45, 7) is 0. The molecule has 1 aromatic heterocycles. The molecule has 1 aliphatic heterocycles. The maximum absolute atomic E-state index is 13.2. The van der Waals surface area contributed by atoms with E-state index in [2.05, 4.69) is 24.3 Å². The first-order chi connectivity index (χ1) is 15.3. The van der Waals surface area contributed by atoms with Crippen LogP contribution in [0.3, 0.4) is 0 Å². The van der Waals surface area contributed by atoms with Crippen molar-refractivity contribution in [2.24, 2.45) is 0 Å². The molecule has 0 radical (unpaired) electrons. The van der Waals surface area contributed by atoms with E-state index in [1.165, 1.54) is 11.3 Å². The molecule has 4 aromatic rings. The summed E-state index contributed by atoms with van der Waals surface area (Å²) in [5, 5.41) is 1.59. The van der Waals surface area contributed by atoms with Gasteiger partial charge in [0, 0.05) is 71.4 Å². The van der Waals surface area contributed by atoms with Gasteiger partial charge < -0.3 is 14.5 Å². The SMILES string of the molecule is CN(C)c1ccc(C2(c3ccc(N(C)C)cc3)OC(=O)c3sc4ccc(Cl)cc4c32)cc1. The molecular weight excluding hydrogens is 440 g/mol. The molecule has 0 N–H and O–H groups in total. The van der Waals surface area contributed by atoms with Crippen molar-refractivity contribution in [2.45, 2.75) is 5.60 Å². The maximum Gasteiger partial charge on any atom is 0.350 e. The number of halogens is 1. The zero-order chi connectivity index (χ0) is 22.6. The highest BCUT2D eigenvalue weighted by Crippen LogP contribution is 2.53. The Bertz CT molecular complexity index is 1270. The lowest BCUT2D eigenvalue weighted by molar-refractivity contribution is 0.0256. The van der Waals surface area contributed by atoms with Gasteiger partial charge in [-0.3, -0.25) is 0 Å². The van der Waals surface area contributed by atoms with Crippen molar-refractivity contribution >= 4 is 50.4 Å². The number of carbonyl (C=O) groups is 1. The Labute approximate surface area is 196 Å². The standard InChI is InChI=1S/C26H23ClN2O2S/c1-28(2)19-10-5-16(6-11-19)26(17-7-12-20(13-8-17)29(3)4)23-21-15-18(27)9-14-22(21)32-24(23)25(30)31-26/h5-15H,1-4H3. The monoisotopic (exact) mass is 462 g/mol. The first kappa shape index (κ1) is 20.9. The molecule has 0 aliphatic carbocycles. The van der Waals surface area contributed by atoms with Crippen LogP contribution in [0.1, 0.15) is 26.4 Å². The molecular formula is C26H23ClN2O2S. The molecule has 0 saturated carbocycles. The van der Waals surface area contributed by atoms with E-state index >= 15 is 0 Å². The number of cyclic esters (lactones) is 1. The Kier molecular flexibility index (Phi) is 4.91. The average Bonchev–Trinajstić information content (AvgIpc) is 3.30. The topological polar surface area (TPSA) is 32.8 Å². The quantitative estimate of drug-likeness (QED) is 0.340. The number of nitrogens with zero attached hydrogens (tertiary/aromatic N) is 2. The molecule has 5 rings (SSSR count). The van der Waals surface area contributed by atoms with Crippen LogP contribution in [0.15, 0.2) is 66.7 Å². The zero-order valence-corrected chi connectivity index (χ0v) is 19.9. The highest BCUT2D eigenvalue weighted by Gasteiger charge is 2.51. The Hall–Kier alpha value is -3.02. The highest BCUT2D eigenvalue weighted by atomic mass is 35.5. The van der Waals surface area contributed by atoms with Crippen molar-refractivity contribution in [3.05, 3.63) is 93.3 Å². The lowest BCUT2D eigenvalue weighted by atomic mass is 9.80. The lowest BCUT2D eigenvalue weighted by Crippen LogP contribution is -2.30. The fourth-order valence-corrected chi connectivity index (χ4v) is 5.64. The number of ether oxygens (including phenoxy) is 1. The predicted molar refractivity (Wildman–Crippen MR) is 134 cm³/mol. The van der Waals surface area contributed by atoms with Gasteiger partial charge in [0.1, 0.15) is 4.88 Å². The fourth-order valence-electron chi connectivity index (χ4n) is 4.36. The van der Waals surface area contributed by atoms with Gasteiger partial charge in [0.15, 0.2) is 5.60 Å². The van der Waals surface area contributed by atoms with Gasteiger partial charge in [-0.25, -0.2) is 4.79 Å². The van der Waals surface area contributed by atoms with Crippen LogP contribution >= 0.6 is 22.9 Å². The van der Waals surface area contributed by atoms with Crippen LogP contribution in [0.5, 0.6) is 0 Å². The summed E-state index contributed by atoms with van der Waals surface area (Å²) >= 11 is 7.84. The van der Waals surface area contributed by atoms with Gasteiger partial charge in [0.2, 0.25) is 0 Å². The van der Waals surface area contributed by atoms with E-state index in [-0.39, 0.29) is 5.97 Å². The summed E-state index contributed by atoms with van der Waals surface area (Å²) < 4.78 is 7.30. The van der Waals surface area contributed by atoms with E-state index in [9.17, 15) is 4.79 Å². The number of fused-ring (bicyclic) bond motifs is 3. The van der Waals surface area contributed by atoms with Crippen molar-refractivity contribution in [1.82, 2.24) is 0 Å². The maximum atomic E-state index is 13.2. The van der Waals surface area contributed by atoms with Crippen molar-refractivity contribution in [1.29, 1.82) is 0 Å². The van der Waals surface area contributed by atoms with Crippen LogP contribution in [0.4, 0.5) is 11.4 Å². The number of benzene rings is 3. The normalized spacial score (nSPS) is 14.3. The molecule has 0 bridgehead atoms. The fraction of sp³-hybridized carbons (Fsp3) is 0.192. The first-order valence-electron chi connectivity index (χ1n) is 10.3. The third-order valence-corrected chi connectivity index (χ3v) is 7.40. The van der Waals surface area contributed by atoms with Crippen molar-refractivity contribution in [3.63, 3.8) is 0 Å². The second-order valence-electron chi connectivity index (χ2n) is 8.40. The van der Waals surface area contributed by atoms with Crippen LogP contribution in [0.2, 0.25) is 5.02 Å². The minimum atomic E-state index is -1.04. The van der Waals surface area contributed by atoms with Crippen LogP contribution in [0.25, 0.3) is 10.1 Å². The molecule has 0 atom stereocenters. The Balaban J connectivity index is 1.82. The molecule has 162 valence electrons. The first-order valence-corrected chi connectivity index (χ1v) is 11.5. The molecule has 1 aliphatic rings. The van der Waals surface area contributed by atoms with Gasteiger partial charge in [-0.05, 0) is 42.5 Å². The van der Waals surface area contributed by atoms with Gasteiger partial charge in [-0.1, -0.05) is 35.9 Å². The van der Waals surface area contributed by atoms with E-state index in [0.717, 1.165) is 38.2 Å². The molecule has 0 spiro atoms.